The van der Waals surface area contributed by atoms with Crippen molar-refractivity contribution in [2.24, 2.45) is 5.92 Å². The minimum atomic E-state index is -3.81. The fraction of sp³-hybridized carbons (Fsp3) is 0.588. The van der Waals surface area contributed by atoms with E-state index in [9.17, 15) is 13.2 Å². The van der Waals surface area contributed by atoms with E-state index in [0.29, 0.717) is 18.2 Å². The lowest BCUT2D eigenvalue weighted by molar-refractivity contribution is -0.118. The number of hydrogen-bond donors (Lipinski definition) is 2. The van der Waals surface area contributed by atoms with Gasteiger partial charge in [-0.3, -0.25) is 4.79 Å². The molecule has 2 aliphatic rings. The number of rotatable bonds is 6. The van der Waals surface area contributed by atoms with Gasteiger partial charge < -0.3 is 14.8 Å². The minimum Gasteiger partial charge on any atom is -0.482 e. The molecule has 3 rings (SSSR count). The molecule has 1 aromatic rings. The van der Waals surface area contributed by atoms with E-state index in [1.54, 1.807) is 0 Å². The quantitative estimate of drug-likeness (QED) is 0.713. The van der Waals surface area contributed by atoms with E-state index in [-0.39, 0.29) is 40.8 Å². The fourth-order valence-corrected chi connectivity index (χ4v) is 4.84. The van der Waals surface area contributed by atoms with Gasteiger partial charge in [0.25, 0.3) is 5.91 Å². The lowest BCUT2D eigenvalue weighted by Gasteiger charge is -2.28. The van der Waals surface area contributed by atoms with Crippen LogP contribution in [0.3, 0.4) is 0 Å². The second-order valence-corrected chi connectivity index (χ2v) is 8.83. The molecular weight excluding hydrogens is 380 g/mol. The zero-order valence-electron chi connectivity index (χ0n) is 14.6. The molecule has 26 heavy (non-hydrogen) atoms. The van der Waals surface area contributed by atoms with Gasteiger partial charge in [-0.15, -0.1) is 0 Å². The second kappa shape index (κ2) is 8.12. The monoisotopic (exact) mass is 402 g/mol. The van der Waals surface area contributed by atoms with E-state index in [1.165, 1.54) is 18.6 Å². The summed E-state index contributed by atoms with van der Waals surface area (Å²) in [5.74, 6) is 0.473. The maximum atomic E-state index is 12.5. The zero-order valence-corrected chi connectivity index (χ0v) is 16.2. The van der Waals surface area contributed by atoms with Crippen LogP contribution in [0.1, 0.15) is 32.6 Å². The first-order valence-corrected chi connectivity index (χ1v) is 10.6. The number of halogens is 1. The summed E-state index contributed by atoms with van der Waals surface area (Å²) in [4.78, 5) is 11.2. The smallest absolute Gasteiger partial charge is 0.262 e. The second-order valence-electron chi connectivity index (χ2n) is 6.68. The summed E-state index contributed by atoms with van der Waals surface area (Å²) in [6.45, 7) is 2.48. The zero-order chi connectivity index (χ0) is 18.7. The Hall–Kier alpha value is -1.35. The van der Waals surface area contributed by atoms with Gasteiger partial charge in [-0.05, 0) is 24.8 Å². The Morgan fingerprint density at radius 1 is 1.35 bits per heavy atom. The molecule has 0 spiro atoms. The number of sulfonamides is 1. The molecule has 0 radical (unpaired) electrons. The van der Waals surface area contributed by atoms with Gasteiger partial charge in [0.05, 0.1) is 23.4 Å². The van der Waals surface area contributed by atoms with E-state index in [0.717, 1.165) is 19.3 Å². The third-order valence-corrected chi connectivity index (χ3v) is 6.64. The maximum absolute atomic E-state index is 12.5. The van der Waals surface area contributed by atoms with Crippen molar-refractivity contribution < 1.29 is 22.7 Å². The van der Waals surface area contributed by atoms with Crippen molar-refractivity contribution in [1.82, 2.24) is 4.72 Å². The van der Waals surface area contributed by atoms with E-state index >= 15 is 0 Å². The number of hydrogen-bond acceptors (Lipinski definition) is 5. The number of carbonyl (C=O) groups excluding carboxylic acids is 1. The molecule has 0 bridgehead atoms. The highest BCUT2D eigenvalue weighted by molar-refractivity contribution is 7.89. The van der Waals surface area contributed by atoms with Crippen molar-refractivity contribution in [3.05, 3.63) is 17.2 Å². The van der Waals surface area contributed by atoms with Crippen LogP contribution in [0.4, 0.5) is 5.69 Å². The van der Waals surface area contributed by atoms with E-state index in [1.807, 2.05) is 0 Å². The first kappa shape index (κ1) is 19.4. The van der Waals surface area contributed by atoms with E-state index in [4.69, 9.17) is 21.1 Å². The van der Waals surface area contributed by atoms with Crippen LogP contribution in [-0.2, 0) is 19.6 Å². The highest BCUT2D eigenvalue weighted by Gasteiger charge is 2.25. The summed E-state index contributed by atoms with van der Waals surface area (Å²) < 4.78 is 38.6. The van der Waals surface area contributed by atoms with Crippen LogP contribution in [-0.4, -0.2) is 40.2 Å². The number of fused-ring (bicyclic) bond motifs is 1. The van der Waals surface area contributed by atoms with Gasteiger partial charge >= 0.3 is 0 Å². The summed E-state index contributed by atoms with van der Waals surface area (Å²) in [7, 11) is -3.81. The number of amides is 1. The SMILES string of the molecule is C[C@@H]1CCCC[C@@H]1OCCNS(=O)(=O)c1cc2c(cc1Cl)NC(=O)CO2. The topological polar surface area (TPSA) is 93.7 Å². The fourth-order valence-electron chi connectivity index (χ4n) is 3.28. The summed E-state index contributed by atoms with van der Waals surface area (Å²) in [5.41, 5.74) is 0.361. The van der Waals surface area contributed by atoms with Gasteiger partial charge in [-0.1, -0.05) is 31.4 Å². The molecule has 9 heteroatoms. The van der Waals surface area contributed by atoms with Gasteiger partial charge in [-0.25, -0.2) is 13.1 Å². The molecule has 1 heterocycles. The van der Waals surface area contributed by atoms with Crippen LogP contribution in [0, 0.1) is 5.92 Å². The third-order valence-electron chi connectivity index (χ3n) is 4.72. The van der Waals surface area contributed by atoms with Gasteiger partial charge in [0.2, 0.25) is 10.0 Å². The van der Waals surface area contributed by atoms with Crippen LogP contribution in [0.25, 0.3) is 0 Å². The van der Waals surface area contributed by atoms with Crippen molar-refractivity contribution >= 4 is 33.2 Å². The summed E-state index contributed by atoms with van der Waals surface area (Å²) >= 11 is 6.09. The Labute approximate surface area is 158 Å². The number of carbonyl (C=O) groups is 1. The molecule has 0 unspecified atom stereocenters. The van der Waals surface area contributed by atoms with Crippen LogP contribution in [0.5, 0.6) is 5.75 Å². The molecule has 1 aliphatic heterocycles. The first-order chi connectivity index (χ1) is 12.4. The molecule has 0 saturated heterocycles. The van der Waals surface area contributed by atoms with Gasteiger partial charge in [-0.2, -0.15) is 0 Å². The summed E-state index contributed by atoms with van der Waals surface area (Å²) in [6.07, 6.45) is 4.75. The lowest BCUT2D eigenvalue weighted by Crippen LogP contribution is -2.32. The van der Waals surface area contributed by atoms with Crippen LogP contribution >= 0.6 is 11.6 Å². The van der Waals surface area contributed by atoms with Crippen molar-refractivity contribution in [1.29, 1.82) is 0 Å². The number of benzene rings is 1. The Morgan fingerprint density at radius 2 is 2.12 bits per heavy atom. The lowest BCUT2D eigenvalue weighted by atomic mass is 9.88. The van der Waals surface area contributed by atoms with Gasteiger partial charge in [0.1, 0.15) is 10.6 Å². The van der Waals surface area contributed by atoms with Crippen molar-refractivity contribution in [3.8, 4) is 5.75 Å². The molecule has 1 aromatic carbocycles. The maximum Gasteiger partial charge on any atom is 0.262 e. The Kier molecular flexibility index (Phi) is 6.06. The Balaban J connectivity index is 1.60. The summed E-state index contributed by atoms with van der Waals surface area (Å²) in [5, 5.41) is 2.61. The van der Waals surface area contributed by atoms with Crippen molar-refractivity contribution in [2.45, 2.75) is 43.6 Å². The predicted molar refractivity (Wildman–Crippen MR) is 98.1 cm³/mol. The first-order valence-electron chi connectivity index (χ1n) is 8.74. The largest absolute Gasteiger partial charge is 0.482 e. The standard InChI is InChI=1S/C17H23ClN2O5S/c1-11-4-2-3-5-14(11)24-7-6-19-26(22,23)16-9-15-13(8-12(16)18)20-17(21)10-25-15/h8-9,11,14,19H,2-7,10H2,1H3,(H,20,21)/t11-,14+/m1/s1. The van der Waals surface area contributed by atoms with Crippen LogP contribution < -0.4 is 14.8 Å². The molecular formula is C17H23ClN2O5S. The molecule has 0 aromatic heterocycles. The van der Waals surface area contributed by atoms with Crippen molar-refractivity contribution in [2.75, 3.05) is 25.1 Å². The molecule has 2 atom stereocenters. The number of anilines is 1. The van der Waals surface area contributed by atoms with E-state index in [2.05, 4.69) is 17.0 Å². The molecule has 1 fully saturated rings. The Bertz CT molecular complexity index is 784. The highest BCUT2D eigenvalue weighted by Crippen LogP contribution is 2.35. The molecule has 1 saturated carbocycles. The molecule has 1 amide bonds. The molecule has 1 aliphatic carbocycles. The minimum absolute atomic E-state index is 0.0175. The highest BCUT2D eigenvalue weighted by atomic mass is 35.5. The van der Waals surface area contributed by atoms with Gasteiger partial charge in [0, 0.05) is 12.6 Å². The normalized spacial score (nSPS) is 23.1. The average molecular weight is 403 g/mol. The Morgan fingerprint density at radius 3 is 2.88 bits per heavy atom. The summed E-state index contributed by atoms with van der Waals surface area (Å²) in [6, 6.07) is 2.70. The van der Waals surface area contributed by atoms with Crippen LogP contribution in [0.2, 0.25) is 5.02 Å². The third kappa shape index (κ3) is 4.49. The van der Waals surface area contributed by atoms with Crippen LogP contribution in [0.15, 0.2) is 17.0 Å². The molecule has 2 N–H and O–H groups in total. The molecule has 7 nitrogen and oxygen atoms in total. The molecule has 144 valence electrons. The van der Waals surface area contributed by atoms with E-state index < -0.39 is 10.0 Å². The van der Waals surface area contributed by atoms with Gasteiger partial charge in [0.15, 0.2) is 6.61 Å². The van der Waals surface area contributed by atoms with Crippen molar-refractivity contribution in [3.63, 3.8) is 0 Å². The average Bonchev–Trinajstić information content (AvgIpc) is 2.59. The predicted octanol–water partition coefficient (Wildman–Crippen LogP) is 2.54. The number of nitrogens with one attached hydrogen (secondary N) is 2. The number of ether oxygens (including phenoxy) is 2.